The van der Waals surface area contributed by atoms with E-state index < -0.39 is 5.97 Å². The highest BCUT2D eigenvalue weighted by molar-refractivity contribution is 5.96. The van der Waals surface area contributed by atoms with Crippen LogP contribution in [0.25, 0.3) is 0 Å². The molecule has 1 aromatic rings. The van der Waals surface area contributed by atoms with Crippen LogP contribution in [-0.4, -0.2) is 65.0 Å². The number of nitrogens with zero attached hydrogens (tertiary/aromatic N) is 2. The summed E-state index contributed by atoms with van der Waals surface area (Å²) in [6.45, 7) is 0.898. The van der Waals surface area contributed by atoms with E-state index in [-0.39, 0.29) is 36.1 Å². The minimum Gasteiger partial charge on any atom is -0.480 e. The van der Waals surface area contributed by atoms with Gasteiger partial charge in [-0.15, -0.1) is 0 Å². The van der Waals surface area contributed by atoms with Crippen LogP contribution in [0.15, 0.2) is 18.3 Å². The summed E-state index contributed by atoms with van der Waals surface area (Å²) < 4.78 is 0. The van der Waals surface area contributed by atoms with Crippen LogP contribution in [0.4, 0.5) is 0 Å². The van der Waals surface area contributed by atoms with Crippen molar-refractivity contribution in [2.24, 2.45) is 5.92 Å². The molecule has 2 aliphatic rings. The summed E-state index contributed by atoms with van der Waals surface area (Å²) in [5, 5.41) is 14.5. The van der Waals surface area contributed by atoms with Crippen molar-refractivity contribution < 1.29 is 19.5 Å². The van der Waals surface area contributed by atoms with Gasteiger partial charge < -0.3 is 15.7 Å². The highest BCUT2D eigenvalue weighted by Gasteiger charge is 2.37. The van der Waals surface area contributed by atoms with E-state index in [4.69, 9.17) is 5.11 Å². The van der Waals surface area contributed by atoms with Crippen molar-refractivity contribution in [1.29, 1.82) is 0 Å². The molecular weight excluding hydrogens is 336 g/mol. The molecule has 0 saturated heterocycles. The van der Waals surface area contributed by atoms with Gasteiger partial charge in [0, 0.05) is 31.9 Å². The van der Waals surface area contributed by atoms with Crippen LogP contribution in [-0.2, 0) is 4.79 Å². The van der Waals surface area contributed by atoms with Gasteiger partial charge in [-0.2, -0.15) is 0 Å². The summed E-state index contributed by atoms with van der Waals surface area (Å²) in [5.41, 5.74) is 0.665. The van der Waals surface area contributed by atoms with Gasteiger partial charge in [-0.05, 0) is 43.7 Å². The fraction of sp³-hybridized carbons (Fsp3) is 0.556. The van der Waals surface area contributed by atoms with E-state index in [0.717, 1.165) is 19.4 Å². The summed E-state index contributed by atoms with van der Waals surface area (Å²) in [6.07, 6.45) is 5.27. The first kappa shape index (κ1) is 18.3. The van der Waals surface area contributed by atoms with Crippen molar-refractivity contribution in [2.45, 2.75) is 37.8 Å². The Morgan fingerprint density at radius 3 is 2.50 bits per heavy atom. The molecule has 8 nitrogen and oxygen atoms in total. The highest BCUT2D eigenvalue weighted by atomic mass is 16.4. The first-order valence-electron chi connectivity index (χ1n) is 8.91. The van der Waals surface area contributed by atoms with E-state index in [9.17, 15) is 14.4 Å². The molecule has 0 atom stereocenters. The molecule has 2 fully saturated rings. The second kappa shape index (κ2) is 7.82. The number of pyridine rings is 1. The molecule has 140 valence electrons. The summed E-state index contributed by atoms with van der Waals surface area (Å²) in [4.78, 5) is 40.8. The van der Waals surface area contributed by atoms with Crippen molar-refractivity contribution in [3.63, 3.8) is 0 Å². The summed E-state index contributed by atoms with van der Waals surface area (Å²) in [5.74, 6) is -0.697. The van der Waals surface area contributed by atoms with Gasteiger partial charge in [-0.25, -0.2) is 0 Å². The molecule has 0 aromatic carbocycles. The van der Waals surface area contributed by atoms with Crippen LogP contribution >= 0.6 is 0 Å². The molecule has 0 bridgehead atoms. The number of carbonyl (C=O) groups excluding carboxylic acids is 2. The first-order chi connectivity index (χ1) is 12.5. The zero-order valence-corrected chi connectivity index (χ0v) is 14.8. The number of hydrogen-bond acceptors (Lipinski definition) is 5. The molecule has 2 saturated carbocycles. The molecule has 3 rings (SSSR count). The fourth-order valence-electron chi connectivity index (χ4n) is 3.21. The van der Waals surface area contributed by atoms with Gasteiger partial charge >= 0.3 is 5.97 Å². The lowest BCUT2D eigenvalue weighted by molar-refractivity contribution is -0.139. The number of rotatable bonds is 8. The predicted molar refractivity (Wildman–Crippen MR) is 93.8 cm³/mol. The molecule has 2 aliphatic carbocycles. The average Bonchev–Trinajstić information content (AvgIpc) is 3.40. The molecule has 0 radical (unpaired) electrons. The number of aliphatic carboxylic acids is 1. The quantitative estimate of drug-likeness (QED) is 0.622. The zero-order valence-electron chi connectivity index (χ0n) is 14.8. The van der Waals surface area contributed by atoms with Gasteiger partial charge in [0.1, 0.15) is 5.69 Å². The molecule has 26 heavy (non-hydrogen) atoms. The highest BCUT2D eigenvalue weighted by Crippen LogP contribution is 2.33. The van der Waals surface area contributed by atoms with Gasteiger partial charge in [0.25, 0.3) is 11.8 Å². The molecule has 1 heterocycles. The van der Waals surface area contributed by atoms with Gasteiger partial charge in [-0.3, -0.25) is 24.3 Å². The van der Waals surface area contributed by atoms with Crippen LogP contribution in [0.1, 0.15) is 46.5 Å². The molecule has 0 spiro atoms. The molecule has 3 N–H and O–H groups in total. The summed E-state index contributed by atoms with van der Waals surface area (Å²) >= 11 is 0. The molecule has 2 amide bonds. The van der Waals surface area contributed by atoms with Gasteiger partial charge in [-0.1, -0.05) is 0 Å². The van der Waals surface area contributed by atoms with Crippen LogP contribution < -0.4 is 10.6 Å². The standard InChI is InChI=1S/C18H24N4O4/c1-19-18(26)15-5-4-12(8-20-15)17(25)21-13-6-14(7-13)22(10-16(23)24)9-11-2-3-11/h4-5,8,11,13-14H,2-3,6-7,9-10H2,1H3,(H,19,26)(H,21,25)(H,23,24). The largest absolute Gasteiger partial charge is 0.480 e. The minimum absolute atomic E-state index is 0.0432. The molecule has 0 unspecified atom stereocenters. The van der Waals surface area contributed by atoms with E-state index >= 15 is 0 Å². The smallest absolute Gasteiger partial charge is 0.317 e. The third kappa shape index (κ3) is 4.57. The van der Waals surface area contributed by atoms with Crippen molar-refractivity contribution >= 4 is 17.8 Å². The van der Waals surface area contributed by atoms with Crippen LogP contribution in [0.5, 0.6) is 0 Å². The van der Waals surface area contributed by atoms with Crippen molar-refractivity contribution in [3.8, 4) is 0 Å². The number of carboxylic acids is 1. The lowest BCUT2D eigenvalue weighted by Crippen LogP contribution is -2.55. The monoisotopic (exact) mass is 360 g/mol. The Morgan fingerprint density at radius 1 is 1.23 bits per heavy atom. The van der Waals surface area contributed by atoms with E-state index in [0.29, 0.717) is 11.5 Å². The molecule has 0 aliphatic heterocycles. The van der Waals surface area contributed by atoms with E-state index in [1.54, 1.807) is 6.07 Å². The maximum atomic E-state index is 12.3. The summed E-state index contributed by atoms with van der Waals surface area (Å²) in [7, 11) is 1.52. The van der Waals surface area contributed by atoms with Crippen molar-refractivity contribution in [1.82, 2.24) is 20.5 Å². The van der Waals surface area contributed by atoms with Crippen LogP contribution in [0.2, 0.25) is 0 Å². The number of hydrogen-bond donors (Lipinski definition) is 3. The lowest BCUT2D eigenvalue weighted by Gasteiger charge is -2.42. The second-order valence-electron chi connectivity index (χ2n) is 7.07. The van der Waals surface area contributed by atoms with Gasteiger partial charge in [0.2, 0.25) is 0 Å². The number of carboxylic acid groups (broad SMARTS) is 1. The predicted octanol–water partition coefficient (Wildman–Crippen LogP) is 0.499. The normalized spacial score (nSPS) is 21.8. The Hall–Kier alpha value is -2.48. The number of nitrogens with one attached hydrogen (secondary N) is 2. The zero-order chi connectivity index (χ0) is 18.7. The van der Waals surface area contributed by atoms with E-state index in [2.05, 4.69) is 15.6 Å². The average molecular weight is 360 g/mol. The van der Waals surface area contributed by atoms with Gasteiger partial charge in [0.05, 0.1) is 12.1 Å². The fourth-order valence-corrected chi connectivity index (χ4v) is 3.21. The Morgan fingerprint density at radius 2 is 1.96 bits per heavy atom. The first-order valence-corrected chi connectivity index (χ1v) is 8.91. The Balaban J connectivity index is 1.48. The molecule has 8 heteroatoms. The van der Waals surface area contributed by atoms with Crippen molar-refractivity contribution in [3.05, 3.63) is 29.6 Å². The lowest BCUT2D eigenvalue weighted by atomic mass is 9.85. The maximum absolute atomic E-state index is 12.3. The topological polar surface area (TPSA) is 112 Å². The number of carbonyl (C=O) groups is 3. The molecule has 1 aromatic heterocycles. The maximum Gasteiger partial charge on any atom is 0.317 e. The molecular formula is C18H24N4O4. The Bertz CT molecular complexity index is 681. The summed E-state index contributed by atoms with van der Waals surface area (Å²) in [6, 6.07) is 3.35. The number of aromatic nitrogens is 1. The van der Waals surface area contributed by atoms with Gasteiger partial charge in [0.15, 0.2) is 0 Å². The SMILES string of the molecule is CNC(=O)c1ccc(C(=O)NC2CC(N(CC(=O)O)CC3CC3)C2)cn1. The Kier molecular flexibility index (Phi) is 5.51. The van der Waals surface area contributed by atoms with Crippen LogP contribution in [0.3, 0.4) is 0 Å². The minimum atomic E-state index is -0.805. The second-order valence-corrected chi connectivity index (χ2v) is 7.07. The van der Waals surface area contributed by atoms with Crippen molar-refractivity contribution in [2.75, 3.05) is 20.1 Å². The third-order valence-electron chi connectivity index (χ3n) is 4.98. The Labute approximate surface area is 152 Å². The third-order valence-corrected chi connectivity index (χ3v) is 4.98. The number of amides is 2. The van der Waals surface area contributed by atoms with E-state index in [1.165, 1.54) is 32.2 Å². The van der Waals surface area contributed by atoms with Crippen LogP contribution in [0, 0.1) is 5.92 Å². The van der Waals surface area contributed by atoms with E-state index in [1.807, 2.05) is 4.90 Å².